The first-order valence-corrected chi connectivity index (χ1v) is 9.63. The van der Waals surface area contributed by atoms with Crippen molar-refractivity contribution in [2.45, 2.75) is 19.5 Å². The quantitative estimate of drug-likeness (QED) is 0.488. The number of ether oxygens (including phenoxy) is 1. The molecule has 2 aromatic heterocycles. The van der Waals surface area contributed by atoms with Gasteiger partial charge in [-0.15, -0.1) is 0 Å². The molecule has 0 spiro atoms. The van der Waals surface area contributed by atoms with Crippen LogP contribution in [0.15, 0.2) is 78.2 Å². The van der Waals surface area contributed by atoms with Gasteiger partial charge in [-0.25, -0.2) is 4.98 Å². The van der Waals surface area contributed by atoms with Crippen LogP contribution in [-0.2, 0) is 17.9 Å². The van der Waals surface area contributed by atoms with Gasteiger partial charge in [0, 0.05) is 24.2 Å². The fourth-order valence-corrected chi connectivity index (χ4v) is 3.14. The van der Waals surface area contributed by atoms with E-state index in [1.807, 2.05) is 47.2 Å². The predicted octanol–water partition coefficient (Wildman–Crippen LogP) is 2.70. The Morgan fingerprint density at radius 2 is 1.90 bits per heavy atom. The van der Waals surface area contributed by atoms with E-state index in [-0.39, 0.29) is 17.8 Å². The summed E-state index contributed by atoms with van der Waals surface area (Å²) in [6.07, 6.45) is 6.80. The van der Waals surface area contributed by atoms with Gasteiger partial charge in [-0.3, -0.25) is 14.3 Å². The molecule has 0 atom stereocenters. The van der Waals surface area contributed by atoms with Gasteiger partial charge >= 0.3 is 0 Å². The standard InChI is InChI=1S/C22H21N5O3/c28-20-15-24-27(19-7-3-1-5-17(19)20)11-9-22(29)25-18-6-2-4-8-21(18)30-14-13-26-12-10-23-16-26/h1-8,10,12,15-16H,9,11,13-14H2,(H,25,29). The Balaban J connectivity index is 1.38. The number of hydrogen-bond donors (Lipinski definition) is 1. The number of para-hydroxylation sites is 3. The fourth-order valence-electron chi connectivity index (χ4n) is 3.14. The largest absolute Gasteiger partial charge is 0.490 e. The summed E-state index contributed by atoms with van der Waals surface area (Å²) in [4.78, 5) is 28.5. The second kappa shape index (κ2) is 9.04. The van der Waals surface area contributed by atoms with Crippen molar-refractivity contribution < 1.29 is 9.53 Å². The molecule has 0 saturated carbocycles. The van der Waals surface area contributed by atoms with Crippen molar-refractivity contribution in [3.05, 3.63) is 83.7 Å². The maximum Gasteiger partial charge on any atom is 0.226 e. The molecule has 8 heteroatoms. The van der Waals surface area contributed by atoms with Gasteiger partial charge in [0.25, 0.3) is 0 Å². The van der Waals surface area contributed by atoms with E-state index in [1.54, 1.807) is 29.3 Å². The number of fused-ring (bicyclic) bond motifs is 1. The molecule has 8 nitrogen and oxygen atoms in total. The topological polar surface area (TPSA) is 91.0 Å². The molecule has 1 N–H and O–H groups in total. The Labute approximate surface area is 172 Å². The molecule has 0 radical (unpaired) electrons. The van der Waals surface area contributed by atoms with Crippen LogP contribution in [-0.4, -0.2) is 31.8 Å². The van der Waals surface area contributed by atoms with Crippen LogP contribution in [0.25, 0.3) is 10.9 Å². The second-order valence-corrected chi connectivity index (χ2v) is 6.69. The summed E-state index contributed by atoms with van der Waals surface area (Å²) in [5.74, 6) is 0.447. The molecule has 0 aliphatic rings. The highest BCUT2D eigenvalue weighted by Gasteiger charge is 2.10. The third kappa shape index (κ3) is 4.54. The molecule has 0 bridgehead atoms. The van der Waals surface area contributed by atoms with Crippen LogP contribution in [0.5, 0.6) is 5.75 Å². The average molecular weight is 403 g/mol. The third-order valence-electron chi connectivity index (χ3n) is 4.64. The summed E-state index contributed by atoms with van der Waals surface area (Å²) >= 11 is 0. The number of hydrogen-bond acceptors (Lipinski definition) is 5. The summed E-state index contributed by atoms with van der Waals surface area (Å²) in [5.41, 5.74) is 1.19. The van der Waals surface area contributed by atoms with E-state index in [0.29, 0.717) is 42.0 Å². The van der Waals surface area contributed by atoms with Gasteiger partial charge in [-0.05, 0) is 24.3 Å². The summed E-state index contributed by atoms with van der Waals surface area (Å²) in [6.45, 7) is 1.47. The van der Waals surface area contributed by atoms with E-state index >= 15 is 0 Å². The molecule has 0 aliphatic heterocycles. The van der Waals surface area contributed by atoms with E-state index in [1.165, 1.54) is 6.20 Å². The molecule has 0 unspecified atom stereocenters. The summed E-state index contributed by atoms with van der Waals surface area (Å²) in [6, 6.07) is 14.6. The van der Waals surface area contributed by atoms with Crippen LogP contribution in [0, 0.1) is 0 Å². The van der Waals surface area contributed by atoms with E-state index in [2.05, 4.69) is 15.4 Å². The lowest BCUT2D eigenvalue weighted by Gasteiger charge is -2.13. The Morgan fingerprint density at radius 3 is 2.77 bits per heavy atom. The number of anilines is 1. The van der Waals surface area contributed by atoms with Gasteiger partial charge in [0.2, 0.25) is 11.3 Å². The van der Waals surface area contributed by atoms with E-state index in [9.17, 15) is 9.59 Å². The first kappa shape index (κ1) is 19.4. The number of amides is 1. The highest BCUT2D eigenvalue weighted by atomic mass is 16.5. The number of aromatic nitrogens is 4. The Kier molecular flexibility index (Phi) is 5.84. The van der Waals surface area contributed by atoms with Crippen molar-refractivity contribution in [1.82, 2.24) is 19.3 Å². The van der Waals surface area contributed by atoms with Crippen molar-refractivity contribution in [2.24, 2.45) is 0 Å². The number of nitrogens with zero attached hydrogens (tertiary/aromatic N) is 4. The van der Waals surface area contributed by atoms with Crippen molar-refractivity contribution in [3.63, 3.8) is 0 Å². The maximum atomic E-state index is 12.5. The number of carbonyl (C=O) groups excluding carboxylic acids is 1. The van der Waals surface area contributed by atoms with Gasteiger partial charge in [0.1, 0.15) is 12.4 Å². The number of imidazole rings is 1. The minimum Gasteiger partial charge on any atom is -0.490 e. The molecule has 0 aliphatic carbocycles. The van der Waals surface area contributed by atoms with Crippen LogP contribution in [0.2, 0.25) is 0 Å². The number of nitrogens with one attached hydrogen (secondary N) is 1. The lowest BCUT2D eigenvalue weighted by atomic mass is 10.2. The Bertz CT molecular complexity index is 1200. The van der Waals surface area contributed by atoms with E-state index in [4.69, 9.17) is 4.74 Å². The van der Waals surface area contributed by atoms with Crippen LogP contribution in [0.3, 0.4) is 0 Å². The Morgan fingerprint density at radius 1 is 1.07 bits per heavy atom. The van der Waals surface area contributed by atoms with Crippen molar-refractivity contribution >= 4 is 22.5 Å². The normalized spacial score (nSPS) is 10.8. The molecule has 2 aromatic carbocycles. The van der Waals surface area contributed by atoms with Crippen molar-refractivity contribution in [2.75, 3.05) is 11.9 Å². The lowest BCUT2D eigenvalue weighted by Crippen LogP contribution is -2.18. The molecule has 2 heterocycles. The fraction of sp³-hybridized carbons (Fsp3) is 0.182. The van der Waals surface area contributed by atoms with E-state index < -0.39 is 0 Å². The molecule has 152 valence electrons. The zero-order chi connectivity index (χ0) is 20.8. The molecule has 0 fully saturated rings. The van der Waals surface area contributed by atoms with Gasteiger partial charge in [0.15, 0.2) is 0 Å². The first-order valence-electron chi connectivity index (χ1n) is 9.63. The van der Waals surface area contributed by atoms with Crippen LogP contribution < -0.4 is 15.5 Å². The van der Waals surface area contributed by atoms with Crippen LogP contribution in [0.1, 0.15) is 6.42 Å². The summed E-state index contributed by atoms with van der Waals surface area (Å²) < 4.78 is 9.42. The molecule has 1 amide bonds. The van der Waals surface area contributed by atoms with Crippen LogP contribution >= 0.6 is 0 Å². The van der Waals surface area contributed by atoms with Gasteiger partial charge in [-0.1, -0.05) is 24.3 Å². The number of carbonyl (C=O) groups is 1. The zero-order valence-corrected chi connectivity index (χ0v) is 16.3. The third-order valence-corrected chi connectivity index (χ3v) is 4.64. The Hall–Kier alpha value is -3.94. The zero-order valence-electron chi connectivity index (χ0n) is 16.3. The number of aryl methyl sites for hydroxylation is 1. The molecule has 30 heavy (non-hydrogen) atoms. The highest BCUT2D eigenvalue weighted by molar-refractivity contribution is 5.92. The van der Waals surface area contributed by atoms with Gasteiger partial charge < -0.3 is 14.6 Å². The predicted molar refractivity (Wildman–Crippen MR) is 113 cm³/mol. The first-order chi connectivity index (χ1) is 14.7. The van der Waals surface area contributed by atoms with Crippen molar-refractivity contribution in [3.8, 4) is 5.75 Å². The minimum absolute atomic E-state index is 0.131. The van der Waals surface area contributed by atoms with Gasteiger partial charge in [-0.2, -0.15) is 5.10 Å². The van der Waals surface area contributed by atoms with Gasteiger partial charge in [0.05, 0.1) is 36.8 Å². The summed E-state index contributed by atoms with van der Waals surface area (Å²) in [5, 5.41) is 7.65. The lowest BCUT2D eigenvalue weighted by molar-refractivity contribution is -0.116. The molecular formula is C22H21N5O3. The monoisotopic (exact) mass is 403 g/mol. The number of rotatable bonds is 8. The summed E-state index contributed by atoms with van der Waals surface area (Å²) in [7, 11) is 0. The molecular weight excluding hydrogens is 382 g/mol. The molecule has 4 rings (SSSR count). The number of benzene rings is 2. The molecule has 0 saturated heterocycles. The smallest absolute Gasteiger partial charge is 0.226 e. The maximum absolute atomic E-state index is 12.5. The van der Waals surface area contributed by atoms with E-state index in [0.717, 1.165) is 0 Å². The van der Waals surface area contributed by atoms with Crippen molar-refractivity contribution in [1.29, 1.82) is 0 Å². The highest BCUT2D eigenvalue weighted by Crippen LogP contribution is 2.24. The minimum atomic E-state index is -0.162. The average Bonchev–Trinajstić information content (AvgIpc) is 3.28. The van der Waals surface area contributed by atoms with Crippen LogP contribution in [0.4, 0.5) is 5.69 Å². The second-order valence-electron chi connectivity index (χ2n) is 6.69. The SMILES string of the molecule is O=C(CCn1ncc(=O)c2ccccc21)Nc1ccccc1OCCn1ccnc1. The molecule has 4 aromatic rings.